The Morgan fingerprint density at radius 1 is 1.04 bits per heavy atom. The SMILES string of the molecule is CCN(CC)C(CNC(=O)c1ccc(OC)cc1OC)Cc1ccccc1. The molecule has 0 radical (unpaired) electrons. The van der Waals surface area contributed by atoms with Crippen molar-refractivity contribution in [3.63, 3.8) is 0 Å². The molecule has 2 aromatic rings. The molecular formula is C22H30N2O3. The molecule has 0 aliphatic rings. The highest BCUT2D eigenvalue weighted by atomic mass is 16.5. The molecule has 0 aliphatic heterocycles. The summed E-state index contributed by atoms with van der Waals surface area (Å²) in [6, 6.07) is 15.8. The third-order valence-electron chi connectivity index (χ3n) is 4.79. The lowest BCUT2D eigenvalue weighted by Gasteiger charge is -2.30. The smallest absolute Gasteiger partial charge is 0.255 e. The Bertz CT molecular complexity index is 715. The van der Waals surface area contributed by atoms with E-state index in [2.05, 4.69) is 48.3 Å². The molecular weight excluding hydrogens is 340 g/mol. The lowest BCUT2D eigenvalue weighted by molar-refractivity contribution is 0.0931. The Kier molecular flexibility index (Phi) is 8.14. The van der Waals surface area contributed by atoms with Gasteiger partial charge in [0.05, 0.1) is 19.8 Å². The zero-order valence-electron chi connectivity index (χ0n) is 16.7. The quantitative estimate of drug-likeness (QED) is 0.697. The van der Waals surface area contributed by atoms with Gasteiger partial charge in [-0.15, -0.1) is 0 Å². The first kappa shape index (κ1) is 20.8. The summed E-state index contributed by atoms with van der Waals surface area (Å²) in [5.41, 5.74) is 1.78. The summed E-state index contributed by atoms with van der Waals surface area (Å²) in [6.45, 7) is 6.75. The van der Waals surface area contributed by atoms with E-state index in [9.17, 15) is 4.79 Å². The molecule has 1 N–H and O–H groups in total. The third-order valence-corrected chi connectivity index (χ3v) is 4.79. The summed E-state index contributed by atoms with van der Waals surface area (Å²) in [7, 11) is 3.15. The first-order chi connectivity index (χ1) is 13.1. The van der Waals surface area contributed by atoms with Crippen molar-refractivity contribution in [1.82, 2.24) is 10.2 Å². The molecule has 0 saturated heterocycles. The Morgan fingerprint density at radius 3 is 2.33 bits per heavy atom. The van der Waals surface area contributed by atoms with Gasteiger partial charge in [0.25, 0.3) is 5.91 Å². The Hall–Kier alpha value is -2.53. The minimum absolute atomic E-state index is 0.139. The van der Waals surface area contributed by atoms with E-state index in [1.807, 2.05) is 6.07 Å². The number of hydrogen-bond acceptors (Lipinski definition) is 4. The first-order valence-corrected chi connectivity index (χ1v) is 9.41. The Morgan fingerprint density at radius 2 is 1.74 bits per heavy atom. The second-order valence-electron chi connectivity index (χ2n) is 6.34. The highest BCUT2D eigenvalue weighted by Gasteiger charge is 2.19. The van der Waals surface area contributed by atoms with Gasteiger partial charge in [-0.3, -0.25) is 9.69 Å². The van der Waals surface area contributed by atoms with E-state index in [-0.39, 0.29) is 11.9 Å². The van der Waals surface area contributed by atoms with Gasteiger partial charge < -0.3 is 14.8 Å². The van der Waals surface area contributed by atoms with Crippen LogP contribution in [0.4, 0.5) is 0 Å². The summed E-state index contributed by atoms with van der Waals surface area (Å²) >= 11 is 0. The highest BCUT2D eigenvalue weighted by molar-refractivity contribution is 5.97. The first-order valence-electron chi connectivity index (χ1n) is 9.41. The molecule has 0 aliphatic carbocycles. The van der Waals surface area contributed by atoms with Crippen molar-refractivity contribution in [2.24, 2.45) is 0 Å². The van der Waals surface area contributed by atoms with Gasteiger partial charge in [-0.2, -0.15) is 0 Å². The zero-order valence-corrected chi connectivity index (χ0v) is 16.7. The normalized spacial score (nSPS) is 11.9. The Balaban J connectivity index is 2.10. The van der Waals surface area contributed by atoms with Gasteiger partial charge in [0.1, 0.15) is 11.5 Å². The zero-order chi connectivity index (χ0) is 19.6. The number of benzene rings is 2. The van der Waals surface area contributed by atoms with E-state index in [1.54, 1.807) is 32.4 Å². The molecule has 0 fully saturated rings. The molecule has 0 bridgehead atoms. The van der Waals surface area contributed by atoms with Crippen LogP contribution in [0.3, 0.4) is 0 Å². The summed E-state index contributed by atoms with van der Waals surface area (Å²) in [5.74, 6) is 1.03. The molecule has 27 heavy (non-hydrogen) atoms. The number of carbonyl (C=O) groups excluding carboxylic acids is 1. The van der Waals surface area contributed by atoms with Gasteiger partial charge >= 0.3 is 0 Å². The van der Waals surface area contributed by atoms with Crippen LogP contribution in [0, 0.1) is 0 Å². The second kappa shape index (κ2) is 10.6. The van der Waals surface area contributed by atoms with Gasteiger partial charge in [0.15, 0.2) is 0 Å². The van der Waals surface area contributed by atoms with Crippen LogP contribution < -0.4 is 14.8 Å². The van der Waals surface area contributed by atoms with Crippen LogP contribution in [-0.2, 0) is 6.42 Å². The van der Waals surface area contributed by atoms with Crippen molar-refractivity contribution < 1.29 is 14.3 Å². The number of carbonyl (C=O) groups is 1. The number of amides is 1. The molecule has 5 heteroatoms. The maximum atomic E-state index is 12.7. The molecule has 2 rings (SSSR count). The van der Waals surface area contributed by atoms with Gasteiger partial charge in [-0.05, 0) is 37.2 Å². The number of ether oxygens (including phenoxy) is 2. The molecule has 2 aromatic carbocycles. The van der Waals surface area contributed by atoms with Crippen molar-refractivity contribution >= 4 is 5.91 Å². The van der Waals surface area contributed by atoms with E-state index >= 15 is 0 Å². The van der Waals surface area contributed by atoms with Crippen LogP contribution in [0.15, 0.2) is 48.5 Å². The van der Waals surface area contributed by atoms with Crippen LogP contribution >= 0.6 is 0 Å². The number of methoxy groups -OCH3 is 2. The fourth-order valence-electron chi connectivity index (χ4n) is 3.25. The largest absolute Gasteiger partial charge is 0.497 e. The number of likely N-dealkylation sites (N-methyl/N-ethyl adjacent to an activating group) is 1. The number of nitrogens with zero attached hydrogens (tertiary/aromatic N) is 1. The summed E-state index contributed by atoms with van der Waals surface area (Å²) in [5, 5.41) is 3.08. The van der Waals surface area contributed by atoms with Crippen LogP contribution in [0.25, 0.3) is 0 Å². The van der Waals surface area contributed by atoms with Crippen LogP contribution in [0.5, 0.6) is 11.5 Å². The molecule has 1 atom stereocenters. The van der Waals surface area contributed by atoms with Crippen LogP contribution in [0.1, 0.15) is 29.8 Å². The average molecular weight is 370 g/mol. The molecule has 1 unspecified atom stereocenters. The molecule has 0 spiro atoms. The highest BCUT2D eigenvalue weighted by Crippen LogP contribution is 2.24. The van der Waals surface area contributed by atoms with E-state index in [0.29, 0.717) is 23.6 Å². The number of rotatable bonds is 10. The maximum Gasteiger partial charge on any atom is 0.255 e. The minimum Gasteiger partial charge on any atom is -0.497 e. The summed E-state index contributed by atoms with van der Waals surface area (Å²) in [4.78, 5) is 15.1. The number of nitrogens with one attached hydrogen (secondary N) is 1. The lowest BCUT2D eigenvalue weighted by Crippen LogP contribution is -2.45. The van der Waals surface area contributed by atoms with Crippen LogP contribution in [0.2, 0.25) is 0 Å². The maximum absolute atomic E-state index is 12.7. The predicted molar refractivity (Wildman–Crippen MR) is 109 cm³/mol. The third kappa shape index (κ3) is 5.73. The molecule has 0 aromatic heterocycles. The fourth-order valence-corrected chi connectivity index (χ4v) is 3.25. The number of hydrogen-bond donors (Lipinski definition) is 1. The summed E-state index contributed by atoms with van der Waals surface area (Å²) in [6.07, 6.45) is 0.891. The molecule has 5 nitrogen and oxygen atoms in total. The van der Waals surface area contributed by atoms with Crippen molar-refractivity contribution in [2.75, 3.05) is 33.9 Å². The standard InChI is InChI=1S/C22H30N2O3/c1-5-24(6-2)18(14-17-10-8-7-9-11-17)16-23-22(25)20-13-12-19(26-3)15-21(20)27-4/h7-13,15,18H,5-6,14,16H2,1-4H3,(H,23,25). The van der Waals surface area contributed by atoms with Gasteiger partial charge in [-0.25, -0.2) is 0 Å². The monoisotopic (exact) mass is 370 g/mol. The molecule has 0 heterocycles. The predicted octanol–water partition coefficient (Wildman–Crippen LogP) is 3.39. The molecule has 0 saturated carbocycles. The molecule has 146 valence electrons. The summed E-state index contributed by atoms with van der Waals surface area (Å²) < 4.78 is 10.5. The van der Waals surface area contributed by atoms with Crippen molar-refractivity contribution in [3.05, 3.63) is 59.7 Å². The Labute approximate surface area is 162 Å². The van der Waals surface area contributed by atoms with E-state index in [1.165, 1.54) is 5.56 Å². The van der Waals surface area contributed by atoms with Crippen molar-refractivity contribution in [3.8, 4) is 11.5 Å². The molecule has 1 amide bonds. The van der Waals surface area contributed by atoms with Gasteiger partial charge in [0.2, 0.25) is 0 Å². The van der Waals surface area contributed by atoms with Crippen molar-refractivity contribution in [2.45, 2.75) is 26.3 Å². The van der Waals surface area contributed by atoms with E-state index < -0.39 is 0 Å². The minimum atomic E-state index is -0.139. The van der Waals surface area contributed by atoms with E-state index in [0.717, 1.165) is 19.5 Å². The van der Waals surface area contributed by atoms with Gasteiger partial charge in [-0.1, -0.05) is 44.2 Å². The van der Waals surface area contributed by atoms with Crippen LogP contribution in [-0.4, -0.2) is 50.7 Å². The van der Waals surface area contributed by atoms with E-state index in [4.69, 9.17) is 9.47 Å². The van der Waals surface area contributed by atoms with Gasteiger partial charge in [0, 0.05) is 18.7 Å². The topological polar surface area (TPSA) is 50.8 Å². The average Bonchev–Trinajstić information content (AvgIpc) is 2.72. The lowest BCUT2D eigenvalue weighted by atomic mass is 10.0. The fraction of sp³-hybridized carbons (Fsp3) is 0.409. The second-order valence-corrected chi connectivity index (χ2v) is 6.34. The van der Waals surface area contributed by atoms with Crippen molar-refractivity contribution in [1.29, 1.82) is 0 Å².